The third-order valence-electron chi connectivity index (χ3n) is 2.80. The fourth-order valence-corrected chi connectivity index (χ4v) is 1.77. The van der Waals surface area contributed by atoms with Crippen LogP contribution >= 0.6 is 0 Å². The van der Waals surface area contributed by atoms with E-state index in [1.165, 1.54) is 12.1 Å². The molecule has 0 aliphatic heterocycles. The number of hydrogen-bond acceptors (Lipinski definition) is 4. The summed E-state index contributed by atoms with van der Waals surface area (Å²) in [5, 5.41) is 19.4. The van der Waals surface area contributed by atoms with E-state index in [0.29, 0.717) is 16.5 Å². The summed E-state index contributed by atoms with van der Waals surface area (Å²) in [5.41, 5.74) is 5.38. The highest BCUT2D eigenvalue weighted by molar-refractivity contribution is 5.95. The number of nitro benzene ring substituents is 1. The van der Waals surface area contributed by atoms with E-state index >= 15 is 0 Å². The Morgan fingerprint density at radius 3 is 2.53 bits per heavy atom. The lowest BCUT2D eigenvalue weighted by Gasteiger charge is -2.14. The van der Waals surface area contributed by atoms with Gasteiger partial charge < -0.3 is 10.5 Å². The summed E-state index contributed by atoms with van der Waals surface area (Å²) in [4.78, 5) is 10.5. The van der Waals surface area contributed by atoms with Crippen molar-refractivity contribution in [3.63, 3.8) is 0 Å². The fraction of sp³-hybridized carbons (Fsp3) is 0.154. The molecule has 6 nitrogen and oxygen atoms in total. The number of amidine groups is 1. The molecule has 0 aliphatic rings. The van der Waals surface area contributed by atoms with Gasteiger partial charge >= 0.3 is 0 Å². The summed E-state index contributed by atoms with van der Waals surface area (Å²) in [6.45, 7) is 1.65. The van der Waals surface area contributed by atoms with Crippen LogP contribution in [0.15, 0.2) is 36.4 Å². The van der Waals surface area contributed by atoms with Gasteiger partial charge in [-0.3, -0.25) is 15.5 Å². The number of rotatable bonds is 4. The van der Waals surface area contributed by atoms with E-state index in [1.54, 1.807) is 31.2 Å². The smallest absolute Gasteiger partial charge is 0.277 e. The molecule has 0 aliphatic carbocycles. The number of fused-ring (bicyclic) bond motifs is 1. The van der Waals surface area contributed by atoms with Crippen molar-refractivity contribution in [3.05, 3.63) is 46.5 Å². The van der Waals surface area contributed by atoms with Crippen LogP contribution in [0.5, 0.6) is 5.75 Å². The van der Waals surface area contributed by atoms with Gasteiger partial charge in [0, 0.05) is 11.5 Å². The number of ether oxygens (including phenoxy) is 1. The minimum atomic E-state index is -0.579. The Morgan fingerprint density at radius 1 is 1.32 bits per heavy atom. The van der Waals surface area contributed by atoms with Crippen LogP contribution in [0.3, 0.4) is 0 Å². The molecule has 0 saturated heterocycles. The Hall–Kier alpha value is -2.63. The van der Waals surface area contributed by atoms with E-state index in [2.05, 4.69) is 0 Å². The number of nitro groups is 1. The lowest BCUT2D eigenvalue weighted by Crippen LogP contribution is -2.30. The number of nitrogens with zero attached hydrogens (tertiary/aromatic N) is 1. The van der Waals surface area contributed by atoms with Gasteiger partial charge in [-0.25, -0.2) is 0 Å². The van der Waals surface area contributed by atoms with Crippen LogP contribution in [0.25, 0.3) is 10.8 Å². The first kappa shape index (κ1) is 12.8. The molecule has 0 amide bonds. The molecule has 2 rings (SSSR count). The zero-order chi connectivity index (χ0) is 14.0. The second kappa shape index (κ2) is 4.93. The second-order valence-corrected chi connectivity index (χ2v) is 4.10. The predicted octanol–water partition coefficient (Wildman–Crippen LogP) is 2.45. The van der Waals surface area contributed by atoms with Crippen molar-refractivity contribution in [1.29, 1.82) is 5.41 Å². The summed E-state index contributed by atoms with van der Waals surface area (Å²) in [5.74, 6) is 0.381. The van der Waals surface area contributed by atoms with Gasteiger partial charge in [-0.1, -0.05) is 18.2 Å². The zero-order valence-electron chi connectivity index (χ0n) is 10.3. The van der Waals surface area contributed by atoms with Crippen molar-refractivity contribution in [1.82, 2.24) is 0 Å². The topological polar surface area (TPSA) is 102 Å². The predicted molar refractivity (Wildman–Crippen MR) is 72.6 cm³/mol. The largest absolute Gasteiger partial charge is 0.482 e. The Kier molecular flexibility index (Phi) is 3.33. The average molecular weight is 259 g/mol. The zero-order valence-corrected chi connectivity index (χ0v) is 10.3. The monoisotopic (exact) mass is 259 g/mol. The van der Waals surface area contributed by atoms with Gasteiger partial charge in [-0.2, -0.15) is 0 Å². The van der Waals surface area contributed by atoms with Gasteiger partial charge in [0.2, 0.25) is 0 Å². The van der Waals surface area contributed by atoms with Crippen molar-refractivity contribution in [2.75, 3.05) is 0 Å². The van der Waals surface area contributed by atoms with Crippen molar-refractivity contribution in [2.45, 2.75) is 13.0 Å². The molecule has 0 spiro atoms. The second-order valence-electron chi connectivity index (χ2n) is 4.10. The molecule has 0 radical (unpaired) electrons. The van der Waals surface area contributed by atoms with Crippen LogP contribution in [0.4, 0.5) is 5.69 Å². The first-order chi connectivity index (χ1) is 9.00. The lowest BCUT2D eigenvalue weighted by atomic mass is 10.1. The Balaban J connectivity index is 2.55. The van der Waals surface area contributed by atoms with Crippen molar-refractivity contribution >= 4 is 22.3 Å². The van der Waals surface area contributed by atoms with Crippen molar-refractivity contribution < 1.29 is 9.66 Å². The Labute approximate surface area is 109 Å². The minimum Gasteiger partial charge on any atom is -0.482 e. The molecule has 1 unspecified atom stereocenters. The maximum atomic E-state index is 11.0. The van der Waals surface area contributed by atoms with Crippen molar-refractivity contribution in [3.8, 4) is 5.75 Å². The summed E-state index contributed by atoms with van der Waals surface area (Å²) in [6.07, 6.45) is -0.579. The first-order valence-corrected chi connectivity index (χ1v) is 5.67. The summed E-state index contributed by atoms with van der Waals surface area (Å²) >= 11 is 0. The van der Waals surface area contributed by atoms with E-state index < -0.39 is 11.0 Å². The van der Waals surface area contributed by atoms with E-state index in [-0.39, 0.29) is 11.5 Å². The molecule has 0 aromatic heterocycles. The van der Waals surface area contributed by atoms with Crippen LogP contribution in [-0.4, -0.2) is 16.9 Å². The maximum Gasteiger partial charge on any atom is 0.277 e. The third-order valence-corrected chi connectivity index (χ3v) is 2.80. The van der Waals surface area contributed by atoms with Gasteiger partial charge in [-0.15, -0.1) is 0 Å². The normalized spacial score (nSPS) is 12.1. The van der Waals surface area contributed by atoms with Crippen LogP contribution < -0.4 is 10.5 Å². The van der Waals surface area contributed by atoms with E-state index in [4.69, 9.17) is 15.9 Å². The van der Waals surface area contributed by atoms with Crippen LogP contribution in [0, 0.1) is 15.5 Å². The Bertz CT molecular complexity index is 655. The molecule has 6 heteroatoms. The highest BCUT2D eigenvalue weighted by Gasteiger charge is 2.16. The van der Waals surface area contributed by atoms with E-state index in [1.807, 2.05) is 0 Å². The van der Waals surface area contributed by atoms with Gasteiger partial charge in [0.1, 0.15) is 11.6 Å². The highest BCUT2D eigenvalue weighted by Crippen LogP contribution is 2.33. The average Bonchev–Trinajstić information content (AvgIpc) is 2.38. The number of benzene rings is 2. The Morgan fingerprint density at radius 2 is 1.95 bits per heavy atom. The molecule has 2 aromatic rings. The molecule has 19 heavy (non-hydrogen) atoms. The van der Waals surface area contributed by atoms with Gasteiger partial charge in [0.15, 0.2) is 6.10 Å². The van der Waals surface area contributed by atoms with Crippen molar-refractivity contribution in [2.24, 2.45) is 5.73 Å². The molecule has 0 saturated carbocycles. The molecule has 2 aromatic carbocycles. The van der Waals surface area contributed by atoms with E-state index in [9.17, 15) is 10.1 Å². The SMILES string of the molecule is CC(Oc1ccc([N+](=O)[O-])c2ccccc12)C(=N)N. The van der Waals surface area contributed by atoms with Crippen LogP contribution in [0.1, 0.15) is 6.92 Å². The van der Waals surface area contributed by atoms with Gasteiger partial charge in [0.25, 0.3) is 5.69 Å². The first-order valence-electron chi connectivity index (χ1n) is 5.67. The minimum absolute atomic E-state index is 0.0263. The summed E-state index contributed by atoms with van der Waals surface area (Å²) in [7, 11) is 0. The number of nitrogens with one attached hydrogen (secondary N) is 1. The molecule has 0 heterocycles. The van der Waals surface area contributed by atoms with E-state index in [0.717, 1.165) is 0 Å². The van der Waals surface area contributed by atoms with Gasteiger partial charge in [0.05, 0.1) is 10.3 Å². The summed E-state index contributed by atoms with van der Waals surface area (Å²) < 4.78 is 5.55. The summed E-state index contributed by atoms with van der Waals surface area (Å²) in [6, 6.07) is 9.83. The molecule has 1 atom stereocenters. The quantitative estimate of drug-likeness (QED) is 0.381. The lowest BCUT2D eigenvalue weighted by molar-refractivity contribution is -0.383. The molecular formula is C13H13N3O3. The van der Waals surface area contributed by atoms with Crippen LogP contribution in [0.2, 0.25) is 0 Å². The number of nitrogens with two attached hydrogens (primary N) is 1. The fourth-order valence-electron chi connectivity index (χ4n) is 1.77. The molecule has 0 bridgehead atoms. The molecule has 3 N–H and O–H groups in total. The molecule has 98 valence electrons. The number of hydrogen-bond donors (Lipinski definition) is 2. The van der Waals surface area contributed by atoms with Gasteiger partial charge in [-0.05, 0) is 19.1 Å². The number of non-ortho nitro benzene ring substituents is 1. The third kappa shape index (κ3) is 2.47. The van der Waals surface area contributed by atoms with Crippen LogP contribution in [-0.2, 0) is 0 Å². The standard InChI is InChI=1S/C13H13N3O3/c1-8(13(14)15)19-12-7-6-11(16(17)18)9-4-2-3-5-10(9)12/h2-8H,1H3,(H3,14,15). The maximum absolute atomic E-state index is 11.0. The molecular weight excluding hydrogens is 246 g/mol. The highest BCUT2D eigenvalue weighted by atomic mass is 16.6. The molecule has 0 fully saturated rings.